The summed E-state index contributed by atoms with van der Waals surface area (Å²) in [6.07, 6.45) is 0. The van der Waals surface area contributed by atoms with Crippen LogP contribution in [0, 0.1) is 0 Å². The maximum Gasteiger partial charge on any atom is 0.164 e. The molecule has 5 heteroatoms. The first-order valence-electron chi connectivity index (χ1n) is 13.9. The van der Waals surface area contributed by atoms with Gasteiger partial charge < -0.3 is 9.64 Å². The molecule has 0 saturated carbocycles. The van der Waals surface area contributed by atoms with Gasteiger partial charge in [0.15, 0.2) is 29.0 Å². The Hall–Kier alpha value is -5.81. The Bertz CT molecular complexity index is 1970. The van der Waals surface area contributed by atoms with Crippen LogP contribution in [0.4, 0.5) is 17.1 Å². The zero-order chi connectivity index (χ0) is 27.9. The van der Waals surface area contributed by atoms with Gasteiger partial charge in [0.25, 0.3) is 0 Å². The van der Waals surface area contributed by atoms with E-state index in [0.29, 0.717) is 17.5 Å². The molecule has 198 valence electrons. The van der Waals surface area contributed by atoms with Gasteiger partial charge in [0, 0.05) is 22.1 Å². The van der Waals surface area contributed by atoms with Gasteiger partial charge in [-0.25, -0.2) is 15.0 Å². The Labute approximate surface area is 243 Å². The van der Waals surface area contributed by atoms with E-state index in [1.54, 1.807) is 0 Å². The summed E-state index contributed by atoms with van der Waals surface area (Å²) in [5, 5.41) is 2.21. The summed E-state index contributed by atoms with van der Waals surface area (Å²) in [7, 11) is 0. The quantitative estimate of drug-likeness (QED) is 0.222. The lowest BCUT2D eigenvalue weighted by Gasteiger charge is -2.33. The number of aromatic nitrogens is 3. The molecule has 7 aromatic rings. The van der Waals surface area contributed by atoms with Crippen molar-refractivity contribution in [3.63, 3.8) is 0 Å². The summed E-state index contributed by atoms with van der Waals surface area (Å²) in [6.45, 7) is 0. The van der Waals surface area contributed by atoms with Crippen LogP contribution in [-0.4, -0.2) is 15.0 Å². The number of fused-ring (bicyclic) bond motifs is 3. The van der Waals surface area contributed by atoms with Crippen LogP contribution in [0.15, 0.2) is 146 Å². The van der Waals surface area contributed by atoms with E-state index in [0.717, 1.165) is 56.0 Å². The van der Waals surface area contributed by atoms with Crippen LogP contribution in [0.2, 0.25) is 0 Å². The van der Waals surface area contributed by atoms with Gasteiger partial charge in [-0.3, -0.25) is 0 Å². The van der Waals surface area contributed by atoms with Crippen molar-refractivity contribution in [3.8, 4) is 45.7 Å². The minimum absolute atomic E-state index is 0.615. The second-order valence-electron chi connectivity index (χ2n) is 10.1. The normalized spacial score (nSPS) is 12.0. The van der Waals surface area contributed by atoms with Crippen LogP contribution in [0.3, 0.4) is 0 Å². The number of para-hydroxylation sites is 4. The van der Waals surface area contributed by atoms with E-state index in [-0.39, 0.29) is 0 Å². The van der Waals surface area contributed by atoms with Crippen molar-refractivity contribution < 1.29 is 4.74 Å². The van der Waals surface area contributed by atoms with E-state index in [1.165, 1.54) is 0 Å². The number of nitrogens with zero attached hydrogens (tertiary/aromatic N) is 4. The van der Waals surface area contributed by atoms with Crippen molar-refractivity contribution in [1.82, 2.24) is 15.0 Å². The topological polar surface area (TPSA) is 51.1 Å². The fourth-order valence-electron chi connectivity index (χ4n) is 5.51. The molecular formula is C37H24N4O. The molecule has 1 aliphatic rings. The molecule has 0 N–H and O–H groups in total. The Morgan fingerprint density at radius 1 is 0.405 bits per heavy atom. The van der Waals surface area contributed by atoms with Crippen molar-refractivity contribution in [1.29, 1.82) is 0 Å². The third-order valence-electron chi connectivity index (χ3n) is 7.47. The van der Waals surface area contributed by atoms with Crippen LogP contribution in [-0.2, 0) is 0 Å². The van der Waals surface area contributed by atoms with Crippen molar-refractivity contribution in [2.75, 3.05) is 4.90 Å². The SMILES string of the molecule is c1ccc(-c2nc(-c3ccccc3)nc(-c3cc(N4c5ccccc5Oc5ccccc54)c4ccccc4c3)n2)cc1. The predicted octanol–water partition coefficient (Wildman–Crippen LogP) is 9.60. The summed E-state index contributed by atoms with van der Waals surface area (Å²) in [5.41, 5.74) is 5.76. The molecular weight excluding hydrogens is 516 g/mol. The van der Waals surface area contributed by atoms with Crippen molar-refractivity contribution in [2.45, 2.75) is 0 Å². The highest BCUT2D eigenvalue weighted by atomic mass is 16.5. The molecule has 8 rings (SSSR count). The van der Waals surface area contributed by atoms with E-state index in [1.807, 2.05) is 97.1 Å². The molecule has 0 atom stereocenters. The zero-order valence-corrected chi connectivity index (χ0v) is 22.6. The standard InChI is InChI=1S/C37H24N4O/c1-3-13-25(14-4-1)35-38-36(26-15-5-2-6-16-26)40-37(39-35)28-23-27-17-7-8-18-29(27)32(24-28)41-30-19-9-11-21-33(30)42-34-22-12-10-20-31(34)41/h1-24H. The highest BCUT2D eigenvalue weighted by Gasteiger charge is 2.27. The summed E-state index contributed by atoms with van der Waals surface area (Å²) >= 11 is 0. The lowest BCUT2D eigenvalue weighted by atomic mass is 10.0. The van der Waals surface area contributed by atoms with Crippen LogP contribution >= 0.6 is 0 Å². The summed E-state index contributed by atoms with van der Waals surface area (Å²) < 4.78 is 6.31. The van der Waals surface area contributed by atoms with Crippen molar-refractivity contribution >= 4 is 27.8 Å². The second-order valence-corrected chi connectivity index (χ2v) is 10.1. The maximum absolute atomic E-state index is 6.31. The summed E-state index contributed by atoms with van der Waals surface area (Å²) in [4.78, 5) is 17.2. The monoisotopic (exact) mass is 540 g/mol. The van der Waals surface area contributed by atoms with Gasteiger partial charge in [-0.15, -0.1) is 0 Å². The van der Waals surface area contributed by atoms with Gasteiger partial charge in [-0.2, -0.15) is 0 Å². The first kappa shape index (κ1) is 24.0. The van der Waals surface area contributed by atoms with E-state index in [9.17, 15) is 0 Å². The third kappa shape index (κ3) is 4.16. The zero-order valence-electron chi connectivity index (χ0n) is 22.6. The Balaban J connectivity index is 1.39. The molecule has 5 nitrogen and oxygen atoms in total. The van der Waals surface area contributed by atoms with Gasteiger partial charge in [0.05, 0.1) is 17.1 Å². The smallest absolute Gasteiger partial charge is 0.164 e. The third-order valence-corrected chi connectivity index (χ3v) is 7.47. The predicted molar refractivity (Wildman–Crippen MR) is 168 cm³/mol. The number of anilines is 3. The maximum atomic E-state index is 6.31. The fourth-order valence-corrected chi connectivity index (χ4v) is 5.51. The Kier molecular flexibility index (Phi) is 5.71. The molecule has 0 fully saturated rings. The van der Waals surface area contributed by atoms with Crippen LogP contribution in [0.5, 0.6) is 11.5 Å². The molecule has 1 aliphatic heterocycles. The van der Waals surface area contributed by atoms with E-state index >= 15 is 0 Å². The first-order chi connectivity index (χ1) is 20.8. The molecule has 0 aliphatic carbocycles. The van der Waals surface area contributed by atoms with Crippen LogP contribution in [0.25, 0.3) is 44.9 Å². The molecule has 0 amide bonds. The molecule has 0 unspecified atom stereocenters. The molecule has 0 bridgehead atoms. The molecule has 2 heterocycles. The lowest BCUT2D eigenvalue weighted by molar-refractivity contribution is 0.477. The molecule has 0 spiro atoms. The average molecular weight is 541 g/mol. The lowest BCUT2D eigenvalue weighted by Crippen LogP contribution is -2.16. The molecule has 1 aromatic heterocycles. The number of rotatable bonds is 4. The number of hydrogen-bond donors (Lipinski definition) is 0. The molecule has 6 aromatic carbocycles. The van der Waals surface area contributed by atoms with Crippen molar-refractivity contribution in [3.05, 3.63) is 146 Å². The Morgan fingerprint density at radius 3 is 1.48 bits per heavy atom. The average Bonchev–Trinajstić information content (AvgIpc) is 3.07. The minimum atomic E-state index is 0.615. The second kappa shape index (κ2) is 9.98. The highest BCUT2D eigenvalue weighted by molar-refractivity contribution is 6.03. The van der Waals surface area contributed by atoms with Gasteiger partial charge in [0.2, 0.25) is 0 Å². The number of ether oxygens (including phenoxy) is 1. The summed E-state index contributed by atoms with van der Waals surface area (Å²) in [6, 6.07) is 49.2. The molecule has 0 radical (unpaired) electrons. The minimum Gasteiger partial charge on any atom is -0.453 e. The number of hydrogen-bond acceptors (Lipinski definition) is 5. The van der Waals surface area contributed by atoms with Gasteiger partial charge in [-0.05, 0) is 41.8 Å². The fraction of sp³-hybridized carbons (Fsp3) is 0. The largest absolute Gasteiger partial charge is 0.453 e. The van der Waals surface area contributed by atoms with E-state index in [2.05, 4.69) is 53.4 Å². The molecule has 42 heavy (non-hydrogen) atoms. The molecule has 0 saturated heterocycles. The van der Waals surface area contributed by atoms with Gasteiger partial charge in [-0.1, -0.05) is 109 Å². The van der Waals surface area contributed by atoms with Gasteiger partial charge >= 0.3 is 0 Å². The van der Waals surface area contributed by atoms with Crippen LogP contribution in [0.1, 0.15) is 0 Å². The van der Waals surface area contributed by atoms with Crippen molar-refractivity contribution in [2.24, 2.45) is 0 Å². The highest BCUT2D eigenvalue weighted by Crippen LogP contribution is 2.52. The summed E-state index contributed by atoms with van der Waals surface area (Å²) in [5.74, 6) is 3.50. The van der Waals surface area contributed by atoms with E-state index in [4.69, 9.17) is 19.7 Å². The van der Waals surface area contributed by atoms with Crippen LogP contribution < -0.4 is 9.64 Å². The first-order valence-corrected chi connectivity index (χ1v) is 13.9. The van der Waals surface area contributed by atoms with Gasteiger partial charge in [0.1, 0.15) is 0 Å². The van der Waals surface area contributed by atoms with E-state index < -0.39 is 0 Å². The number of benzene rings is 6. The Morgan fingerprint density at radius 2 is 0.881 bits per heavy atom.